The van der Waals surface area contributed by atoms with Crippen LogP contribution in [0.15, 0.2) is 94.7 Å². The summed E-state index contributed by atoms with van der Waals surface area (Å²) < 4.78 is 56.1. The number of sulfone groups is 2. The number of carbonyl (C=O) groups excluding carboxylic acids is 3. The maximum Gasteiger partial charge on any atom is 0.268 e. The number of nitrogens with zero attached hydrogens (tertiary/aromatic N) is 2. The minimum Gasteiger partial charge on any atom is -0.344 e. The van der Waals surface area contributed by atoms with Gasteiger partial charge >= 0.3 is 0 Å². The van der Waals surface area contributed by atoms with Crippen LogP contribution in [0, 0.1) is 13.8 Å². The zero-order valence-electron chi connectivity index (χ0n) is 31.5. The number of amides is 2. The quantitative estimate of drug-likeness (QED) is 0.130. The second kappa shape index (κ2) is 15.5. The van der Waals surface area contributed by atoms with Crippen molar-refractivity contribution in [2.45, 2.75) is 49.6 Å². The molecule has 56 heavy (non-hydrogen) atoms. The van der Waals surface area contributed by atoms with Crippen LogP contribution in [0.4, 0.5) is 0 Å². The van der Waals surface area contributed by atoms with Gasteiger partial charge in [0.25, 0.3) is 11.8 Å². The Balaban J connectivity index is 1.05. The summed E-state index contributed by atoms with van der Waals surface area (Å²) in [6.45, 7) is 7.34. The molecule has 0 aliphatic carbocycles. The van der Waals surface area contributed by atoms with Crippen molar-refractivity contribution in [3.63, 3.8) is 0 Å². The first-order valence-corrected chi connectivity index (χ1v) is 21.6. The van der Waals surface area contributed by atoms with Crippen molar-refractivity contribution >= 4 is 82.3 Å². The minimum atomic E-state index is -4.19. The van der Waals surface area contributed by atoms with E-state index in [2.05, 4.69) is 10.6 Å². The van der Waals surface area contributed by atoms with Crippen molar-refractivity contribution in [2.75, 3.05) is 11.5 Å². The Morgan fingerprint density at radius 2 is 0.929 bits per heavy atom. The van der Waals surface area contributed by atoms with E-state index in [0.29, 0.717) is 32.6 Å². The molecule has 2 aromatic heterocycles. The molecule has 0 unspecified atom stereocenters. The first-order chi connectivity index (χ1) is 26.2. The van der Waals surface area contributed by atoms with Crippen LogP contribution in [0.5, 0.6) is 0 Å². The van der Waals surface area contributed by atoms with Crippen molar-refractivity contribution in [1.29, 1.82) is 0 Å². The number of aromatic nitrogens is 2. The molecule has 6 rings (SSSR count). The van der Waals surface area contributed by atoms with Gasteiger partial charge in [0.05, 0.1) is 43.0 Å². The summed E-state index contributed by atoms with van der Waals surface area (Å²) in [7, 11) is -4.82. The molecule has 0 fully saturated rings. The molecule has 2 heterocycles. The topological polar surface area (TPSA) is 153 Å². The average molecular weight is 836 g/mol. The number of halogens is 2. The van der Waals surface area contributed by atoms with E-state index in [4.69, 9.17) is 23.2 Å². The molecule has 0 aliphatic rings. The summed E-state index contributed by atoms with van der Waals surface area (Å²) in [5, 5.41) is 8.41. The molecule has 2 atom stereocenters. The number of fused-ring (bicyclic) bond motifs is 2. The van der Waals surface area contributed by atoms with Crippen molar-refractivity contribution in [3.05, 3.63) is 129 Å². The number of hydrogen-bond donors (Lipinski definition) is 2. The smallest absolute Gasteiger partial charge is 0.268 e. The first kappa shape index (κ1) is 40.7. The van der Waals surface area contributed by atoms with E-state index in [1.54, 1.807) is 49.2 Å². The normalized spacial score (nSPS) is 13.1. The third kappa shape index (κ3) is 8.27. The number of ketones is 1. The molecule has 0 saturated carbocycles. The predicted octanol–water partition coefficient (Wildman–Crippen LogP) is 7.39. The molecular formula is C41H40Cl2N4O7S2. The lowest BCUT2D eigenvalue weighted by molar-refractivity contribution is -0.114. The van der Waals surface area contributed by atoms with Gasteiger partial charge in [0.2, 0.25) is 0 Å². The second-order valence-corrected chi connectivity index (χ2v) is 18.9. The number of Topliss-reactive ketones (excluding diaryl/α,β-unsaturated/α-hetero) is 1. The fourth-order valence-corrected chi connectivity index (χ4v) is 10.0. The standard InChI is InChI=1S/C41H40Cl2N4O7S2/c1-23-15-34(42)32-19-38(46(5)36(32)17-23)40(49)44-25(3)27-7-11-30(12-8-27)55(51,52)21-29(48)22-56(53,54)31-13-9-28(10-14-31)26(4)45-41(50)39-20-33-35(43)16-24(2)18-37(33)47(39)6/h7-20,25-26H,21-22H2,1-6H3,(H,44,49)(H,45,50)/t25-,26-/m1/s1. The summed E-state index contributed by atoms with van der Waals surface area (Å²) in [5.74, 6) is -3.71. The Morgan fingerprint density at radius 1 is 0.589 bits per heavy atom. The SMILES string of the molecule is Cc1cc(Cl)c2cc(C(=O)N[C@H](C)c3ccc(S(=O)(=O)CC(=O)CS(=O)(=O)c4ccc([C@@H](C)NC(=O)c5cc6c(Cl)cc(C)cc6n5C)cc4)cc3)n(C)c2c1. The number of aryl methyl sites for hydroxylation is 4. The molecule has 0 bridgehead atoms. The Hall–Kier alpha value is -4.95. The number of hydrogen-bond acceptors (Lipinski definition) is 7. The zero-order chi connectivity index (χ0) is 40.9. The van der Waals surface area contributed by atoms with Gasteiger partial charge in [0, 0.05) is 24.9 Å². The van der Waals surface area contributed by atoms with Crippen molar-refractivity contribution < 1.29 is 31.2 Å². The molecule has 0 aliphatic heterocycles. The largest absolute Gasteiger partial charge is 0.344 e. The highest BCUT2D eigenvalue weighted by atomic mass is 35.5. The predicted molar refractivity (Wildman–Crippen MR) is 219 cm³/mol. The average Bonchev–Trinajstić information content (AvgIpc) is 3.64. The first-order valence-electron chi connectivity index (χ1n) is 17.6. The van der Waals surface area contributed by atoms with E-state index in [-0.39, 0.29) is 21.6 Å². The third-order valence-electron chi connectivity index (χ3n) is 9.85. The molecule has 6 aromatic rings. The van der Waals surface area contributed by atoms with Crippen LogP contribution in [-0.2, 0) is 38.6 Å². The van der Waals surface area contributed by atoms with Gasteiger partial charge in [-0.2, -0.15) is 0 Å². The lowest BCUT2D eigenvalue weighted by atomic mass is 10.1. The number of benzene rings is 4. The summed E-state index contributed by atoms with van der Waals surface area (Å²) in [6.07, 6.45) is 0. The van der Waals surface area contributed by atoms with Gasteiger partial charge in [-0.1, -0.05) is 47.5 Å². The molecule has 11 nitrogen and oxygen atoms in total. The van der Waals surface area contributed by atoms with Crippen LogP contribution in [0.3, 0.4) is 0 Å². The summed E-state index contributed by atoms with van der Waals surface area (Å²) >= 11 is 12.8. The van der Waals surface area contributed by atoms with Crippen LogP contribution in [0.25, 0.3) is 21.8 Å². The van der Waals surface area contributed by atoms with Crippen molar-refractivity contribution in [2.24, 2.45) is 14.1 Å². The van der Waals surface area contributed by atoms with Crippen LogP contribution >= 0.6 is 23.2 Å². The lowest BCUT2D eigenvalue weighted by Crippen LogP contribution is -2.28. The highest BCUT2D eigenvalue weighted by Gasteiger charge is 2.26. The highest BCUT2D eigenvalue weighted by molar-refractivity contribution is 7.93. The molecular weight excluding hydrogens is 796 g/mol. The van der Waals surface area contributed by atoms with Gasteiger partial charge in [-0.25, -0.2) is 16.8 Å². The number of nitrogens with one attached hydrogen (secondary N) is 2. The van der Waals surface area contributed by atoms with E-state index in [1.807, 2.05) is 38.1 Å². The molecule has 2 amide bonds. The fraction of sp³-hybridized carbons (Fsp3) is 0.244. The van der Waals surface area contributed by atoms with Crippen LogP contribution in [0.2, 0.25) is 10.0 Å². The van der Waals surface area contributed by atoms with Gasteiger partial charge in [-0.15, -0.1) is 0 Å². The van der Waals surface area contributed by atoms with Crippen LogP contribution in [0.1, 0.15) is 69.2 Å². The van der Waals surface area contributed by atoms with Crippen LogP contribution < -0.4 is 10.6 Å². The van der Waals surface area contributed by atoms with Gasteiger partial charge in [0.1, 0.15) is 22.9 Å². The molecule has 15 heteroatoms. The maximum atomic E-state index is 13.2. The van der Waals surface area contributed by atoms with Gasteiger partial charge in [0.15, 0.2) is 25.5 Å². The molecule has 4 aromatic carbocycles. The zero-order valence-corrected chi connectivity index (χ0v) is 34.6. The Kier molecular flexibility index (Phi) is 11.3. The fourth-order valence-electron chi connectivity index (χ4n) is 6.74. The van der Waals surface area contributed by atoms with Gasteiger partial charge < -0.3 is 19.8 Å². The minimum absolute atomic E-state index is 0.161. The summed E-state index contributed by atoms with van der Waals surface area (Å²) in [6, 6.07) is 21.4. The highest BCUT2D eigenvalue weighted by Crippen LogP contribution is 2.30. The molecule has 0 saturated heterocycles. The molecule has 2 N–H and O–H groups in total. The number of carbonyl (C=O) groups is 3. The van der Waals surface area contributed by atoms with E-state index in [1.165, 1.54) is 48.5 Å². The molecule has 0 spiro atoms. The second-order valence-electron chi connectivity index (χ2n) is 14.1. The van der Waals surface area contributed by atoms with Gasteiger partial charge in [-0.05, 0) is 111 Å². The van der Waals surface area contributed by atoms with E-state index in [9.17, 15) is 31.2 Å². The van der Waals surface area contributed by atoms with E-state index in [0.717, 1.165) is 32.9 Å². The van der Waals surface area contributed by atoms with E-state index < -0.39 is 49.0 Å². The Bertz CT molecular complexity index is 2590. The van der Waals surface area contributed by atoms with E-state index >= 15 is 0 Å². The monoisotopic (exact) mass is 834 g/mol. The number of rotatable bonds is 12. The van der Waals surface area contributed by atoms with Crippen molar-refractivity contribution in [1.82, 2.24) is 19.8 Å². The molecule has 0 radical (unpaired) electrons. The Labute approximate surface area is 335 Å². The molecule has 292 valence electrons. The maximum absolute atomic E-state index is 13.2. The summed E-state index contributed by atoms with van der Waals surface area (Å²) in [5.41, 5.74) is 5.59. The summed E-state index contributed by atoms with van der Waals surface area (Å²) in [4.78, 5) is 38.9. The Morgan fingerprint density at radius 3 is 1.27 bits per heavy atom. The van der Waals surface area contributed by atoms with Crippen molar-refractivity contribution in [3.8, 4) is 0 Å². The third-order valence-corrected chi connectivity index (χ3v) is 13.9. The lowest BCUT2D eigenvalue weighted by Gasteiger charge is -2.16. The van der Waals surface area contributed by atoms with Crippen LogP contribution in [-0.4, -0.2) is 55.1 Å². The van der Waals surface area contributed by atoms with Gasteiger partial charge in [-0.3, -0.25) is 14.4 Å².